The van der Waals surface area contributed by atoms with E-state index in [0.717, 1.165) is 6.08 Å². The first kappa shape index (κ1) is 47.2. The topological polar surface area (TPSA) is 183 Å². The van der Waals surface area contributed by atoms with Gasteiger partial charge in [0.1, 0.15) is 0 Å². The van der Waals surface area contributed by atoms with E-state index in [0.29, 0.717) is 66.1 Å². The molecule has 0 aromatic heterocycles. The lowest BCUT2D eigenvalue weighted by molar-refractivity contribution is -0.118. The van der Waals surface area contributed by atoms with Gasteiger partial charge in [0.25, 0.3) is 0 Å². The number of nitrogens with two attached hydrogens (primary N) is 2. The van der Waals surface area contributed by atoms with Crippen LogP contribution in [0.5, 0.6) is 0 Å². The lowest BCUT2D eigenvalue weighted by Crippen LogP contribution is -2.36. The second-order valence-corrected chi connectivity index (χ2v) is 10.7. The third-order valence-corrected chi connectivity index (χ3v) is 4.94. The Morgan fingerprint density at radius 3 is 1.29 bits per heavy atom. The third kappa shape index (κ3) is 41.8. The summed E-state index contributed by atoms with van der Waals surface area (Å²) in [5.74, 6) is -0.433. The molecule has 0 aliphatic rings. The normalized spacial score (nSPS) is 14.4. The van der Waals surface area contributed by atoms with Crippen LogP contribution in [0.15, 0.2) is 38.0 Å². The molecule has 6 N–H and O–H groups in total. The summed E-state index contributed by atoms with van der Waals surface area (Å²) in [7, 11) is 0. The second kappa shape index (κ2) is 33.2. The summed E-state index contributed by atoms with van der Waals surface area (Å²) in [6.45, 7) is 26.2. The third-order valence-electron chi connectivity index (χ3n) is 4.78. The van der Waals surface area contributed by atoms with Crippen LogP contribution in [0.4, 0.5) is 0 Å². The number of ether oxygens (including phenoxy) is 6. The van der Waals surface area contributed by atoms with E-state index in [1.807, 2.05) is 41.5 Å². The van der Waals surface area contributed by atoms with Crippen LogP contribution in [0.3, 0.4) is 0 Å². The van der Waals surface area contributed by atoms with Crippen LogP contribution in [-0.2, 0) is 42.8 Å². The molecule has 0 bridgehead atoms. The Balaban J connectivity index is -0.000000719. The van der Waals surface area contributed by atoms with Crippen molar-refractivity contribution >= 4 is 28.7 Å². The van der Waals surface area contributed by atoms with Crippen LogP contribution in [0.2, 0.25) is 0 Å². The zero-order valence-corrected chi connectivity index (χ0v) is 28.9. The SMILES string of the molecule is C=CC(=O)Cl.C=CC(=O)NC(C)COCCOCC(C)OCC(C)NC(=O)C=C.CC(N)COCCOCC(C)OCC(C)N. The molecule has 0 aromatic carbocycles. The number of allylic oxidation sites excluding steroid dienone is 1. The van der Waals surface area contributed by atoms with Gasteiger partial charge in [0, 0.05) is 24.2 Å². The molecule has 0 aliphatic carbocycles. The predicted octanol–water partition coefficient (Wildman–Crippen LogP) is 1.86. The van der Waals surface area contributed by atoms with Gasteiger partial charge < -0.3 is 50.5 Å². The minimum atomic E-state index is -0.509. The number of halogens is 1. The number of hydrogen-bond donors (Lipinski definition) is 4. The monoisotopic (exact) mass is 666 g/mol. The summed E-state index contributed by atoms with van der Waals surface area (Å²) in [5.41, 5.74) is 11.1. The van der Waals surface area contributed by atoms with E-state index in [2.05, 4.69) is 30.4 Å². The van der Waals surface area contributed by atoms with Gasteiger partial charge >= 0.3 is 0 Å². The van der Waals surface area contributed by atoms with Crippen molar-refractivity contribution in [2.45, 2.75) is 77.9 Å². The molecule has 13 nitrogen and oxygen atoms in total. The zero-order chi connectivity index (χ0) is 35.0. The summed E-state index contributed by atoms with van der Waals surface area (Å²) < 4.78 is 32.5. The number of carbonyl (C=O) groups excluding carboxylic acids is 3. The van der Waals surface area contributed by atoms with Gasteiger partial charge in [-0.05, 0) is 71.4 Å². The fourth-order valence-corrected chi connectivity index (χ4v) is 2.67. The van der Waals surface area contributed by atoms with Crippen LogP contribution >= 0.6 is 11.6 Å². The lowest BCUT2D eigenvalue weighted by Gasteiger charge is -2.18. The van der Waals surface area contributed by atoms with Gasteiger partial charge in [0.15, 0.2) is 0 Å². The quantitative estimate of drug-likeness (QED) is 0.0634. The molecule has 0 saturated carbocycles. The Hall–Kier alpha value is -2.20. The second-order valence-electron chi connectivity index (χ2n) is 10.3. The fourth-order valence-electron chi connectivity index (χ4n) is 2.67. The minimum absolute atomic E-state index is 0.0665. The van der Waals surface area contributed by atoms with Crippen LogP contribution in [0.1, 0.15) is 41.5 Å². The van der Waals surface area contributed by atoms with Gasteiger partial charge in [-0.15, -0.1) is 0 Å². The standard InChI is InChI=1S/C17H30N2O5.C11H26N2O3.C3H3ClO/c1-6-16(20)18-13(3)10-22-8-9-23-12-15(5)24-11-14(4)19-17(21)7-2;1-9(12)6-14-4-5-15-8-11(3)16-7-10(2)13;1-2-3(4)5/h6-7,13-15H,1-2,8-12H2,3-5H3,(H,18,20)(H,19,21);9-11H,4-8,12-13H2,1-3H3;2H,1H2. The Morgan fingerprint density at radius 1 is 0.600 bits per heavy atom. The first-order valence-electron chi connectivity index (χ1n) is 14.9. The van der Waals surface area contributed by atoms with E-state index >= 15 is 0 Å². The van der Waals surface area contributed by atoms with Gasteiger partial charge in [0.05, 0.1) is 78.3 Å². The molecule has 0 spiro atoms. The van der Waals surface area contributed by atoms with Crippen molar-refractivity contribution in [1.82, 2.24) is 10.6 Å². The summed E-state index contributed by atoms with van der Waals surface area (Å²) >= 11 is 4.71. The predicted molar refractivity (Wildman–Crippen MR) is 178 cm³/mol. The van der Waals surface area contributed by atoms with Crippen LogP contribution in [-0.4, -0.2) is 120 Å². The van der Waals surface area contributed by atoms with Crippen molar-refractivity contribution in [3.8, 4) is 0 Å². The molecule has 45 heavy (non-hydrogen) atoms. The van der Waals surface area contributed by atoms with E-state index in [-0.39, 0.29) is 48.2 Å². The average Bonchev–Trinajstić information content (AvgIpc) is 2.98. The van der Waals surface area contributed by atoms with E-state index in [4.69, 9.17) is 51.5 Å². The molecular formula is C31H59ClN4O9. The first-order chi connectivity index (χ1) is 21.2. The highest BCUT2D eigenvalue weighted by Gasteiger charge is 2.09. The van der Waals surface area contributed by atoms with E-state index < -0.39 is 5.24 Å². The molecule has 264 valence electrons. The van der Waals surface area contributed by atoms with Crippen LogP contribution in [0.25, 0.3) is 0 Å². The van der Waals surface area contributed by atoms with Crippen molar-refractivity contribution in [2.24, 2.45) is 11.5 Å². The molecule has 6 atom stereocenters. The number of hydrogen-bond acceptors (Lipinski definition) is 11. The lowest BCUT2D eigenvalue weighted by atomic mass is 10.3. The van der Waals surface area contributed by atoms with Crippen molar-refractivity contribution in [1.29, 1.82) is 0 Å². The van der Waals surface area contributed by atoms with Gasteiger partial charge in [-0.3, -0.25) is 14.4 Å². The Bertz CT molecular complexity index is 788. The van der Waals surface area contributed by atoms with E-state index in [1.54, 1.807) is 0 Å². The average molecular weight is 667 g/mol. The molecule has 14 heteroatoms. The minimum Gasteiger partial charge on any atom is -0.377 e. The molecule has 2 amide bonds. The molecule has 0 rings (SSSR count). The fraction of sp³-hybridized carbons (Fsp3) is 0.710. The molecule has 0 radical (unpaired) electrons. The number of carbonyl (C=O) groups is 3. The largest absolute Gasteiger partial charge is 0.377 e. The van der Waals surface area contributed by atoms with Crippen molar-refractivity contribution in [3.05, 3.63) is 38.0 Å². The summed E-state index contributed by atoms with van der Waals surface area (Å²) in [6.07, 6.45) is 3.48. The Morgan fingerprint density at radius 2 is 0.933 bits per heavy atom. The first-order valence-corrected chi connectivity index (χ1v) is 15.3. The summed E-state index contributed by atoms with van der Waals surface area (Å²) in [5, 5.41) is 4.91. The number of nitrogens with one attached hydrogen (secondary N) is 2. The summed E-state index contributed by atoms with van der Waals surface area (Å²) in [6, 6.07) is -0.0244. The molecule has 0 aliphatic heterocycles. The smallest absolute Gasteiger partial charge is 0.244 e. The number of amides is 2. The molecule has 0 aromatic rings. The molecule has 0 heterocycles. The van der Waals surface area contributed by atoms with Gasteiger partial charge in [-0.25, -0.2) is 0 Å². The van der Waals surface area contributed by atoms with Crippen molar-refractivity contribution in [2.75, 3.05) is 66.1 Å². The molecular weight excluding hydrogens is 608 g/mol. The van der Waals surface area contributed by atoms with Crippen molar-refractivity contribution in [3.63, 3.8) is 0 Å². The van der Waals surface area contributed by atoms with Gasteiger partial charge in [0.2, 0.25) is 17.1 Å². The maximum Gasteiger partial charge on any atom is 0.244 e. The summed E-state index contributed by atoms with van der Waals surface area (Å²) in [4.78, 5) is 31.6. The number of rotatable bonds is 25. The molecule has 0 saturated heterocycles. The zero-order valence-electron chi connectivity index (χ0n) is 28.1. The van der Waals surface area contributed by atoms with E-state index in [9.17, 15) is 14.4 Å². The highest BCUT2D eigenvalue weighted by atomic mass is 35.5. The maximum absolute atomic E-state index is 11.1. The molecule has 6 unspecified atom stereocenters. The Labute approximate surface area is 275 Å². The van der Waals surface area contributed by atoms with Crippen LogP contribution in [0, 0.1) is 0 Å². The maximum atomic E-state index is 11.1. The van der Waals surface area contributed by atoms with E-state index in [1.165, 1.54) is 12.2 Å². The van der Waals surface area contributed by atoms with Gasteiger partial charge in [-0.2, -0.15) is 0 Å². The van der Waals surface area contributed by atoms with Crippen LogP contribution < -0.4 is 22.1 Å². The van der Waals surface area contributed by atoms with Crippen molar-refractivity contribution < 1.29 is 42.8 Å². The Kier molecular flexibility index (Phi) is 34.8. The molecule has 0 fully saturated rings. The highest BCUT2D eigenvalue weighted by molar-refractivity contribution is 6.66. The van der Waals surface area contributed by atoms with Gasteiger partial charge in [-0.1, -0.05) is 19.7 Å². The highest BCUT2D eigenvalue weighted by Crippen LogP contribution is 1.96.